The van der Waals surface area contributed by atoms with E-state index in [0.29, 0.717) is 43.0 Å². The molecule has 1 atom stereocenters. The number of imidazole rings is 1. The molecular weight excluding hydrogens is 487 g/mol. The van der Waals surface area contributed by atoms with E-state index in [0.717, 1.165) is 0 Å². The fourth-order valence-corrected chi connectivity index (χ4v) is 5.01. The Bertz CT molecular complexity index is 1390. The molecule has 4 rings (SSSR count). The maximum atomic E-state index is 13.6. The Kier molecular flexibility index (Phi) is 7.04. The smallest absolute Gasteiger partial charge is 0.333 e. The molecule has 1 saturated heterocycles. The van der Waals surface area contributed by atoms with Crippen LogP contribution in [0.15, 0.2) is 47.5 Å². The predicted octanol–water partition coefficient (Wildman–Crippen LogP) is 2.40. The van der Waals surface area contributed by atoms with Gasteiger partial charge in [-0.15, -0.1) is 0 Å². The zero-order chi connectivity index (χ0) is 26.3. The highest BCUT2D eigenvalue weighted by molar-refractivity contribution is 7.88. The highest BCUT2D eigenvalue weighted by Gasteiger charge is 2.29. The summed E-state index contributed by atoms with van der Waals surface area (Å²) in [6.07, 6.45) is 5.42. The quantitative estimate of drug-likeness (QED) is 0.492. The molecule has 36 heavy (non-hydrogen) atoms. The van der Waals surface area contributed by atoms with Crippen LogP contribution in [0.2, 0.25) is 0 Å². The Balaban J connectivity index is 1.76. The van der Waals surface area contributed by atoms with Crippen molar-refractivity contribution in [2.24, 2.45) is 0 Å². The van der Waals surface area contributed by atoms with Crippen molar-refractivity contribution in [3.05, 3.63) is 59.0 Å². The van der Waals surface area contributed by atoms with E-state index >= 15 is 0 Å². The van der Waals surface area contributed by atoms with Crippen LogP contribution in [-0.2, 0) is 10.0 Å². The zero-order valence-corrected chi connectivity index (χ0v) is 21.5. The van der Waals surface area contributed by atoms with E-state index in [-0.39, 0.29) is 23.7 Å². The third-order valence-corrected chi connectivity index (χ3v) is 7.91. The van der Waals surface area contributed by atoms with Crippen LogP contribution in [-0.4, -0.2) is 67.9 Å². The van der Waals surface area contributed by atoms with E-state index in [1.54, 1.807) is 36.9 Å². The maximum Gasteiger partial charge on any atom is 0.333 e. The number of aromatic nitrogens is 4. The third kappa shape index (κ3) is 5.50. The summed E-state index contributed by atoms with van der Waals surface area (Å²) in [5, 5.41) is 13.3. The lowest BCUT2D eigenvalue weighted by molar-refractivity contribution is 0.0646. The topological polar surface area (TPSA) is 122 Å². The van der Waals surface area contributed by atoms with Crippen molar-refractivity contribution in [1.82, 2.24) is 23.4 Å². The first-order valence-corrected chi connectivity index (χ1v) is 13.6. The van der Waals surface area contributed by atoms with Crippen LogP contribution in [0.3, 0.4) is 0 Å². The molecule has 3 aromatic rings. The van der Waals surface area contributed by atoms with E-state index in [1.807, 2.05) is 6.92 Å². The minimum absolute atomic E-state index is 0.203. The van der Waals surface area contributed by atoms with Gasteiger partial charge in [-0.2, -0.15) is 0 Å². The van der Waals surface area contributed by atoms with Crippen molar-refractivity contribution in [3.8, 4) is 17.1 Å². The number of nitrogens with zero attached hydrogens (tertiary/aromatic N) is 5. The van der Waals surface area contributed by atoms with Gasteiger partial charge in [0.2, 0.25) is 16.0 Å². The molecule has 3 heterocycles. The minimum atomic E-state index is -3.30. The number of nitrogens with one attached hydrogen (secondary N) is 1. The molecule has 0 saturated carbocycles. The van der Waals surface area contributed by atoms with Gasteiger partial charge in [0, 0.05) is 31.5 Å². The Morgan fingerprint density at radius 2 is 1.81 bits per heavy atom. The normalized spacial score (nSPS) is 16.7. The second-order valence-electron chi connectivity index (χ2n) is 9.69. The number of hydrogen-bond acceptors (Lipinski definition) is 7. The molecule has 0 spiro atoms. The summed E-state index contributed by atoms with van der Waals surface area (Å²) in [6, 6.07) is 6.73. The van der Waals surface area contributed by atoms with Crippen molar-refractivity contribution in [1.29, 1.82) is 0 Å². The highest BCUT2D eigenvalue weighted by atomic mass is 32.2. The van der Waals surface area contributed by atoms with Crippen LogP contribution in [0.5, 0.6) is 0 Å². The fraction of sp³-hybridized carbons (Fsp3) is 0.458. The van der Waals surface area contributed by atoms with Crippen molar-refractivity contribution in [2.75, 3.05) is 24.7 Å². The first-order chi connectivity index (χ1) is 16.8. The Morgan fingerprint density at radius 1 is 1.17 bits per heavy atom. The molecule has 1 aliphatic heterocycles. The van der Waals surface area contributed by atoms with Gasteiger partial charge in [0.25, 0.3) is 0 Å². The molecule has 2 N–H and O–H groups in total. The summed E-state index contributed by atoms with van der Waals surface area (Å²) in [7, 11) is -3.30. The largest absolute Gasteiger partial charge is 0.388 e. The lowest BCUT2D eigenvalue weighted by Gasteiger charge is -2.30. The van der Waals surface area contributed by atoms with E-state index in [9.17, 15) is 22.7 Å². The van der Waals surface area contributed by atoms with Gasteiger partial charge < -0.3 is 10.4 Å². The lowest BCUT2D eigenvalue weighted by atomic mass is 10.0. The van der Waals surface area contributed by atoms with Crippen molar-refractivity contribution < 1.29 is 17.9 Å². The first kappa shape index (κ1) is 26.0. The Morgan fingerprint density at radius 3 is 2.39 bits per heavy atom. The van der Waals surface area contributed by atoms with E-state index < -0.39 is 21.4 Å². The molecule has 194 valence electrons. The molecule has 0 aliphatic carbocycles. The first-order valence-electron chi connectivity index (χ1n) is 11.7. The maximum absolute atomic E-state index is 13.6. The van der Waals surface area contributed by atoms with Gasteiger partial charge in [-0.3, -0.25) is 9.13 Å². The van der Waals surface area contributed by atoms with Crippen LogP contribution in [0, 0.1) is 5.82 Å². The van der Waals surface area contributed by atoms with Gasteiger partial charge in [-0.25, -0.2) is 31.9 Å². The molecule has 1 aliphatic rings. The second kappa shape index (κ2) is 9.75. The number of rotatable bonds is 7. The van der Waals surface area contributed by atoms with E-state index in [4.69, 9.17) is 0 Å². The molecule has 10 nitrogen and oxygen atoms in total. The number of aliphatic hydroxyl groups is 1. The summed E-state index contributed by atoms with van der Waals surface area (Å²) in [6.45, 7) is 5.81. The molecule has 2 aromatic heterocycles. The van der Waals surface area contributed by atoms with E-state index in [1.165, 1.54) is 39.4 Å². The van der Waals surface area contributed by atoms with Crippen LogP contribution in [0.1, 0.15) is 39.7 Å². The van der Waals surface area contributed by atoms with Crippen LogP contribution in [0.25, 0.3) is 17.1 Å². The Labute approximate surface area is 209 Å². The fourth-order valence-electron chi connectivity index (χ4n) is 4.14. The summed E-state index contributed by atoms with van der Waals surface area (Å²) in [4.78, 5) is 22.4. The molecule has 1 unspecified atom stereocenters. The van der Waals surface area contributed by atoms with Crippen LogP contribution >= 0.6 is 0 Å². The summed E-state index contributed by atoms with van der Waals surface area (Å²) < 4.78 is 41.9. The van der Waals surface area contributed by atoms with Gasteiger partial charge in [0.1, 0.15) is 5.82 Å². The third-order valence-electron chi connectivity index (χ3n) is 6.61. The number of piperidine rings is 1. The highest BCUT2D eigenvalue weighted by Crippen LogP contribution is 2.27. The van der Waals surface area contributed by atoms with Gasteiger partial charge in [0.05, 0.1) is 35.0 Å². The summed E-state index contributed by atoms with van der Waals surface area (Å²) >= 11 is 0. The molecule has 0 amide bonds. The number of halogens is 1. The second-order valence-corrected chi connectivity index (χ2v) is 11.7. The minimum Gasteiger partial charge on any atom is -0.388 e. The predicted molar refractivity (Wildman–Crippen MR) is 135 cm³/mol. The average molecular weight is 519 g/mol. The molecule has 0 radical (unpaired) electrons. The average Bonchev–Trinajstić information content (AvgIpc) is 3.16. The van der Waals surface area contributed by atoms with Crippen molar-refractivity contribution in [2.45, 2.75) is 51.3 Å². The molecule has 12 heteroatoms. The Hall–Kier alpha value is -3.09. The number of anilines is 1. The molecular formula is C24H31FN6O4S. The van der Waals surface area contributed by atoms with Gasteiger partial charge in [-0.05, 0) is 63.9 Å². The van der Waals surface area contributed by atoms with Gasteiger partial charge in [-0.1, -0.05) is 0 Å². The lowest BCUT2D eigenvalue weighted by Crippen LogP contribution is -2.40. The monoisotopic (exact) mass is 518 g/mol. The number of benzene rings is 1. The van der Waals surface area contributed by atoms with Crippen LogP contribution < -0.4 is 11.0 Å². The van der Waals surface area contributed by atoms with E-state index in [2.05, 4.69) is 15.3 Å². The molecule has 1 fully saturated rings. The molecule has 0 bridgehead atoms. The summed E-state index contributed by atoms with van der Waals surface area (Å²) in [5.74, 6) is -0.135. The van der Waals surface area contributed by atoms with Gasteiger partial charge >= 0.3 is 5.69 Å². The number of hydrogen-bond donors (Lipinski definition) is 2. The van der Waals surface area contributed by atoms with Crippen molar-refractivity contribution >= 4 is 16.0 Å². The van der Waals surface area contributed by atoms with Crippen LogP contribution in [0.4, 0.5) is 10.3 Å². The zero-order valence-electron chi connectivity index (χ0n) is 20.7. The summed E-state index contributed by atoms with van der Waals surface area (Å²) in [5.41, 5.74) is 0.0801. The SMILES string of the molecule is CC(Nc1nccc(-c2cn(C3CCN(S(C)(=O)=O)CC3)c(=O)n2-c2ccc(F)cc2)n1)C(C)(C)O. The standard InChI is InChI=1S/C24H31FN6O4S/c1-16(24(2,3)33)27-22-26-12-9-20(28-22)21-15-30(18-10-13-29(14-11-18)36(4,34)35)23(32)31(21)19-7-5-17(25)6-8-19/h5-9,12,15-16,18,33H,10-11,13-14H2,1-4H3,(H,26,27,28). The molecule has 1 aromatic carbocycles. The van der Waals surface area contributed by atoms with Crippen molar-refractivity contribution in [3.63, 3.8) is 0 Å². The number of sulfonamides is 1. The van der Waals surface area contributed by atoms with Gasteiger partial charge in [0.15, 0.2) is 0 Å².